The molecule has 0 saturated carbocycles. The molecule has 0 aliphatic heterocycles. The van der Waals surface area contributed by atoms with Gasteiger partial charge in [0.25, 0.3) is 0 Å². The van der Waals surface area contributed by atoms with Crippen LogP contribution in [0.3, 0.4) is 0 Å². The molecule has 0 aliphatic carbocycles. The van der Waals surface area contributed by atoms with Crippen molar-refractivity contribution in [1.82, 2.24) is 9.13 Å². The number of rotatable bonds is 6. The summed E-state index contributed by atoms with van der Waals surface area (Å²) in [6.45, 7) is 0. The van der Waals surface area contributed by atoms with Crippen LogP contribution in [0.1, 0.15) is 0 Å². The van der Waals surface area contributed by atoms with Gasteiger partial charge >= 0.3 is 0 Å². The molecule has 4 nitrogen and oxygen atoms in total. The van der Waals surface area contributed by atoms with Crippen molar-refractivity contribution >= 4 is 82.6 Å². The first-order valence-electron chi connectivity index (χ1n) is 19.8. The zero-order valence-electron chi connectivity index (χ0n) is 31.5. The van der Waals surface area contributed by atoms with Crippen molar-refractivity contribution in [2.45, 2.75) is 0 Å². The number of hydrogen-bond acceptors (Lipinski definition) is 2. The molecule has 0 N–H and O–H groups in total. The number of para-hydroxylation sites is 6. The fraction of sp³-hybridized carbons (Fsp3) is 0. The van der Waals surface area contributed by atoms with Crippen molar-refractivity contribution in [2.24, 2.45) is 0 Å². The van der Waals surface area contributed by atoms with Crippen LogP contribution in [-0.2, 0) is 0 Å². The van der Waals surface area contributed by atoms with Crippen LogP contribution in [0.4, 0.5) is 17.1 Å². The van der Waals surface area contributed by atoms with E-state index in [1.54, 1.807) is 0 Å². The Balaban J connectivity index is 1.08. The van der Waals surface area contributed by atoms with Gasteiger partial charge in [-0.15, -0.1) is 0 Å². The number of hydrogen-bond donors (Lipinski definition) is 0. The average molecular weight is 742 g/mol. The van der Waals surface area contributed by atoms with Crippen LogP contribution >= 0.6 is 0 Å². The van der Waals surface area contributed by atoms with E-state index in [0.29, 0.717) is 0 Å². The van der Waals surface area contributed by atoms with Crippen LogP contribution in [-0.4, -0.2) is 9.13 Å². The van der Waals surface area contributed by atoms with Crippen molar-refractivity contribution in [2.75, 3.05) is 4.90 Å². The summed E-state index contributed by atoms with van der Waals surface area (Å²) in [6.07, 6.45) is 0. The van der Waals surface area contributed by atoms with E-state index in [1.165, 1.54) is 38.1 Å². The maximum absolute atomic E-state index is 6.46. The van der Waals surface area contributed by atoms with E-state index in [2.05, 4.69) is 214 Å². The molecule has 12 aromatic rings. The van der Waals surface area contributed by atoms with Crippen LogP contribution in [0.15, 0.2) is 217 Å². The monoisotopic (exact) mass is 741 g/mol. The third kappa shape index (κ3) is 4.95. The molecule has 0 bridgehead atoms. The highest BCUT2D eigenvalue weighted by Gasteiger charge is 2.20. The molecule has 3 heterocycles. The lowest BCUT2D eigenvalue weighted by atomic mass is 10.0. The molecular formula is C54H35N3O. The highest BCUT2D eigenvalue weighted by atomic mass is 16.3. The van der Waals surface area contributed by atoms with Crippen LogP contribution < -0.4 is 4.90 Å². The van der Waals surface area contributed by atoms with Gasteiger partial charge in [-0.3, -0.25) is 0 Å². The van der Waals surface area contributed by atoms with Gasteiger partial charge in [-0.1, -0.05) is 127 Å². The minimum absolute atomic E-state index is 0.903. The number of benzene rings is 9. The third-order valence-electron chi connectivity index (χ3n) is 11.7. The lowest BCUT2D eigenvalue weighted by Crippen LogP contribution is -2.10. The molecular weight excluding hydrogens is 707 g/mol. The lowest BCUT2D eigenvalue weighted by molar-refractivity contribution is 0.670. The normalized spacial score (nSPS) is 11.8. The predicted octanol–water partition coefficient (Wildman–Crippen LogP) is 14.9. The van der Waals surface area contributed by atoms with E-state index in [-0.39, 0.29) is 0 Å². The fourth-order valence-electron chi connectivity index (χ4n) is 9.12. The van der Waals surface area contributed by atoms with Crippen molar-refractivity contribution in [3.05, 3.63) is 212 Å². The van der Waals surface area contributed by atoms with Gasteiger partial charge in [-0.2, -0.15) is 0 Å². The van der Waals surface area contributed by atoms with Crippen LogP contribution in [0.2, 0.25) is 0 Å². The maximum atomic E-state index is 6.46. The summed E-state index contributed by atoms with van der Waals surface area (Å²) in [7, 11) is 0. The van der Waals surface area contributed by atoms with E-state index < -0.39 is 0 Å². The highest BCUT2D eigenvalue weighted by molar-refractivity contribution is 6.13. The molecule has 12 rings (SSSR count). The summed E-state index contributed by atoms with van der Waals surface area (Å²) >= 11 is 0. The first kappa shape index (κ1) is 32.4. The van der Waals surface area contributed by atoms with Crippen LogP contribution in [0.25, 0.3) is 88.1 Å². The van der Waals surface area contributed by atoms with Crippen molar-refractivity contribution in [3.8, 4) is 22.5 Å². The van der Waals surface area contributed by atoms with E-state index >= 15 is 0 Å². The summed E-state index contributed by atoms with van der Waals surface area (Å²) in [6, 6.07) is 76.2. The SMILES string of the molecule is c1ccc(-n2c3ccccc3c3cc(N(c4ccc(-c5cccc6c5oc5ccccc56)cc4)c4ccc5c6ccccc6n(-c6ccccc6)c5c4)ccc32)cc1. The van der Waals surface area contributed by atoms with E-state index in [1.807, 2.05) is 12.1 Å². The third-order valence-corrected chi connectivity index (χ3v) is 11.7. The topological polar surface area (TPSA) is 26.2 Å². The van der Waals surface area contributed by atoms with Crippen LogP contribution in [0, 0.1) is 0 Å². The second-order valence-corrected chi connectivity index (χ2v) is 14.9. The van der Waals surface area contributed by atoms with Gasteiger partial charge in [0.15, 0.2) is 0 Å². The minimum atomic E-state index is 0.903. The molecule has 9 aromatic carbocycles. The number of anilines is 3. The molecule has 0 spiro atoms. The van der Waals surface area contributed by atoms with Gasteiger partial charge in [0.05, 0.1) is 22.1 Å². The second kappa shape index (κ2) is 12.9. The number of furan rings is 1. The standard InChI is InChI=1S/C54H35N3O/c1-3-14-37(15-4-1)56-50-24-11-8-19-44(50)48-34-40(31-33-51(48)56)55(39-28-26-36(27-29-39)42-21-13-22-47-46-20-9-12-25-53(46)58-54(42)47)41-30-32-45-43-18-7-10-23-49(43)57(52(45)35-41)38-16-5-2-6-17-38/h1-35H. The first-order valence-corrected chi connectivity index (χ1v) is 19.8. The van der Waals surface area contributed by atoms with Gasteiger partial charge in [0, 0.05) is 66.3 Å². The van der Waals surface area contributed by atoms with E-state index in [4.69, 9.17) is 4.42 Å². The van der Waals surface area contributed by atoms with Gasteiger partial charge in [0.1, 0.15) is 11.2 Å². The predicted molar refractivity (Wildman–Crippen MR) is 243 cm³/mol. The Labute approximate surface area is 334 Å². The van der Waals surface area contributed by atoms with Crippen molar-refractivity contribution in [3.63, 3.8) is 0 Å². The molecule has 0 atom stereocenters. The Bertz CT molecular complexity index is 3500. The van der Waals surface area contributed by atoms with Crippen LogP contribution in [0.5, 0.6) is 0 Å². The first-order chi connectivity index (χ1) is 28.8. The number of aromatic nitrogens is 2. The van der Waals surface area contributed by atoms with E-state index in [9.17, 15) is 0 Å². The molecule has 0 amide bonds. The summed E-state index contributed by atoms with van der Waals surface area (Å²) in [5.74, 6) is 0. The summed E-state index contributed by atoms with van der Waals surface area (Å²) in [4.78, 5) is 2.39. The highest BCUT2D eigenvalue weighted by Crippen LogP contribution is 2.43. The van der Waals surface area contributed by atoms with Gasteiger partial charge in [0.2, 0.25) is 0 Å². The second-order valence-electron chi connectivity index (χ2n) is 14.9. The Hall–Kier alpha value is -7.82. The van der Waals surface area contributed by atoms with Crippen molar-refractivity contribution < 1.29 is 4.42 Å². The summed E-state index contributed by atoms with van der Waals surface area (Å²) in [5.41, 5.74) is 14.2. The fourth-order valence-corrected chi connectivity index (χ4v) is 9.12. The number of nitrogens with zero attached hydrogens (tertiary/aromatic N) is 3. The maximum Gasteiger partial charge on any atom is 0.143 e. The largest absolute Gasteiger partial charge is 0.455 e. The Kier molecular flexibility index (Phi) is 7.20. The molecule has 0 fully saturated rings. The smallest absolute Gasteiger partial charge is 0.143 e. The molecule has 0 aliphatic rings. The molecule has 0 unspecified atom stereocenters. The molecule has 58 heavy (non-hydrogen) atoms. The van der Waals surface area contributed by atoms with Gasteiger partial charge in [-0.05, 0) is 90.5 Å². The Morgan fingerprint density at radius 1 is 0.328 bits per heavy atom. The molecule has 0 radical (unpaired) electrons. The lowest BCUT2D eigenvalue weighted by Gasteiger charge is -2.26. The zero-order chi connectivity index (χ0) is 38.2. The molecule has 0 saturated heterocycles. The molecule has 272 valence electrons. The summed E-state index contributed by atoms with van der Waals surface area (Å²) < 4.78 is 11.2. The Morgan fingerprint density at radius 2 is 0.845 bits per heavy atom. The molecule has 3 aromatic heterocycles. The number of fused-ring (bicyclic) bond motifs is 9. The van der Waals surface area contributed by atoms with Gasteiger partial charge in [-0.25, -0.2) is 0 Å². The minimum Gasteiger partial charge on any atom is -0.455 e. The van der Waals surface area contributed by atoms with Crippen molar-refractivity contribution in [1.29, 1.82) is 0 Å². The molecule has 4 heteroatoms. The van der Waals surface area contributed by atoms with E-state index in [0.717, 1.165) is 67.0 Å². The summed E-state index contributed by atoms with van der Waals surface area (Å²) in [5, 5.41) is 7.14. The average Bonchev–Trinajstić information content (AvgIpc) is 3.95. The quantitative estimate of drug-likeness (QED) is 0.170. The Morgan fingerprint density at radius 3 is 1.57 bits per heavy atom. The zero-order valence-corrected chi connectivity index (χ0v) is 31.5. The van der Waals surface area contributed by atoms with Gasteiger partial charge < -0.3 is 18.5 Å².